The van der Waals surface area contributed by atoms with Crippen molar-refractivity contribution in [1.82, 2.24) is 0 Å². The average Bonchev–Trinajstić information content (AvgIpc) is 2.45. The average molecular weight is 308 g/mol. The fraction of sp³-hybridized carbons (Fsp3) is 0.143. The number of anilines is 1. The molecule has 7 heteroatoms. The van der Waals surface area contributed by atoms with Gasteiger partial charge >= 0.3 is 0 Å². The van der Waals surface area contributed by atoms with E-state index in [-0.39, 0.29) is 18.0 Å². The van der Waals surface area contributed by atoms with Crippen LogP contribution in [0.2, 0.25) is 0 Å². The Bertz CT molecular complexity index is 730. The summed E-state index contributed by atoms with van der Waals surface area (Å²) >= 11 is 0. The third-order valence-corrected chi connectivity index (χ3v) is 3.79. The van der Waals surface area contributed by atoms with Crippen LogP contribution in [0.15, 0.2) is 48.5 Å². The molecule has 1 N–H and O–H groups in total. The summed E-state index contributed by atoms with van der Waals surface area (Å²) in [4.78, 5) is 0. The standard InChI is InChI=1S/C14H15NO5S/c1-20-14-9-5-2-6-11(14)10-15(21(17,18)19)12-7-3-4-8-13(12)16/h2-9,16H,10H2,1H3,(H,17,18,19)/p-1. The smallest absolute Gasteiger partial charge is 0.184 e. The SMILES string of the molecule is COc1ccccc1CN(c1ccccc1O)S(=O)(=O)[O-]. The van der Waals surface area contributed by atoms with Crippen molar-refractivity contribution in [3.8, 4) is 11.5 Å². The second-order valence-corrected chi connectivity index (χ2v) is 5.56. The van der Waals surface area contributed by atoms with E-state index in [0.29, 0.717) is 15.6 Å². The van der Waals surface area contributed by atoms with Crippen LogP contribution in [-0.2, 0) is 16.8 Å². The molecule has 2 aromatic rings. The van der Waals surface area contributed by atoms with Crippen LogP contribution in [0.3, 0.4) is 0 Å². The highest BCUT2D eigenvalue weighted by atomic mass is 32.2. The van der Waals surface area contributed by atoms with Crippen LogP contribution in [0.5, 0.6) is 11.5 Å². The second-order valence-electron chi connectivity index (χ2n) is 4.26. The molecule has 0 radical (unpaired) electrons. The van der Waals surface area contributed by atoms with Crippen molar-refractivity contribution in [2.45, 2.75) is 6.54 Å². The summed E-state index contributed by atoms with van der Waals surface area (Å²) in [6, 6.07) is 12.5. The van der Waals surface area contributed by atoms with Gasteiger partial charge < -0.3 is 14.4 Å². The lowest BCUT2D eigenvalue weighted by Gasteiger charge is -2.28. The lowest BCUT2D eigenvalue weighted by molar-refractivity contribution is 0.409. The minimum absolute atomic E-state index is 0.0709. The van der Waals surface area contributed by atoms with Crippen molar-refractivity contribution in [3.63, 3.8) is 0 Å². The van der Waals surface area contributed by atoms with Gasteiger partial charge in [-0.1, -0.05) is 30.3 Å². The third-order valence-electron chi connectivity index (χ3n) is 2.93. The van der Waals surface area contributed by atoms with E-state index in [2.05, 4.69) is 0 Å². The number of aromatic hydroxyl groups is 1. The predicted molar refractivity (Wildman–Crippen MR) is 77.0 cm³/mol. The summed E-state index contributed by atoms with van der Waals surface area (Å²) in [6.45, 7) is -0.229. The van der Waals surface area contributed by atoms with Gasteiger partial charge in [-0.3, -0.25) is 4.31 Å². The van der Waals surface area contributed by atoms with Crippen LogP contribution in [-0.4, -0.2) is 25.2 Å². The van der Waals surface area contributed by atoms with Gasteiger partial charge in [-0.05, 0) is 18.2 Å². The molecular weight excluding hydrogens is 294 g/mol. The van der Waals surface area contributed by atoms with Crippen LogP contribution in [0, 0.1) is 0 Å². The molecule has 0 aromatic heterocycles. The first kappa shape index (κ1) is 15.1. The van der Waals surface area contributed by atoms with Gasteiger partial charge in [0.05, 0.1) is 19.3 Å². The van der Waals surface area contributed by atoms with Gasteiger partial charge in [-0.25, -0.2) is 8.42 Å². The van der Waals surface area contributed by atoms with Crippen molar-refractivity contribution in [3.05, 3.63) is 54.1 Å². The molecule has 6 nitrogen and oxygen atoms in total. The molecule has 0 amide bonds. The zero-order valence-corrected chi connectivity index (χ0v) is 12.1. The molecule has 0 heterocycles. The highest BCUT2D eigenvalue weighted by Crippen LogP contribution is 2.31. The number of phenols is 1. The van der Waals surface area contributed by atoms with Crippen LogP contribution < -0.4 is 9.04 Å². The number of benzene rings is 2. The first-order valence-electron chi connectivity index (χ1n) is 6.07. The lowest BCUT2D eigenvalue weighted by atomic mass is 10.2. The molecule has 0 aliphatic carbocycles. The molecule has 0 bridgehead atoms. The fourth-order valence-electron chi connectivity index (χ4n) is 1.95. The maximum absolute atomic E-state index is 11.5. The van der Waals surface area contributed by atoms with Gasteiger partial charge in [0.1, 0.15) is 11.5 Å². The Morgan fingerprint density at radius 1 is 1.14 bits per heavy atom. The highest BCUT2D eigenvalue weighted by molar-refractivity contribution is 7.87. The Kier molecular flexibility index (Phi) is 4.35. The molecular formula is C14H14NO5S-. The molecule has 112 valence electrons. The van der Waals surface area contributed by atoms with E-state index in [9.17, 15) is 18.1 Å². The van der Waals surface area contributed by atoms with Crippen molar-refractivity contribution in [2.24, 2.45) is 0 Å². The number of hydrogen-bond acceptors (Lipinski definition) is 5. The maximum Gasteiger partial charge on any atom is 0.184 e. The van der Waals surface area contributed by atoms with E-state index >= 15 is 0 Å². The number of para-hydroxylation sites is 3. The van der Waals surface area contributed by atoms with Gasteiger partial charge in [0.15, 0.2) is 10.3 Å². The number of phenolic OH excluding ortho intramolecular Hbond substituents is 1. The van der Waals surface area contributed by atoms with Gasteiger partial charge in [0.2, 0.25) is 0 Å². The molecule has 0 unspecified atom stereocenters. The predicted octanol–water partition coefficient (Wildman–Crippen LogP) is 1.87. The Morgan fingerprint density at radius 3 is 2.38 bits per heavy atom. The lowest BCUT2D eigenvalue weighted by Crippen LogP contribution is -2.30. The second kappa shape index (κ2) is 6.02. The topological polar surface area (TPSA) is 89.9 Å². The van der Waals surface area contributed by atoms with Crippen molar-refractivity contribution in [1.29, 1.82) is 0 Å². The van der Waals surface area contributed by atoms with E-state index in [0.717, 1.165) is 0 Å². The number of rotatable bonds is 5. The van der Waals surface area contributed by atoms with E-state index < -0.39 is 10.3 Å². The molecule has 2 aromatic carbocycles. The summed E-state index contributed by atoms with van der Waals surface area (Å²) in [5.74, 6) is 0.174. The van der Waals surface area contributed by atoms with Crippen LogP contribution in [0.25, 0.3) is 0 Å². The van der Waals surface area contributed by atoms with Crippen LogP contribution in [0.1, 0.15) is 5.56 Å². The molecule has 2 rings (SSSR count). The van der Waals surface area contributed by atoms with Crippen molar-refractivity contribution >= 4 is 16.0 Å². The monoisotopic (exact) mass is 308 g/mol. The number of nitrogens with zero attached hydrogens (tertiary/aromatic N) is 1. The molecule has 21 heavy (non-hydrogen) atoms. The molecule has 0 fully saturated rings. The van der Waals surface area contributed by atoms with Gasteiger partial charge in [-0.2, -0.15) is 0 Å². The minimum Gasteiger partial charge on any atom is -0.731 e. The minimum atomic E-state index is -4.80. The Morgan fingerprint density at radius 2 is 1.76 bits per heavy atom. The van der Waals surface area contributed by atoms with Gasteiger partial charge in [0, 0.05) is 5.56 Å². The summed E-state index contributed by atoms with van der Waals surface area (Å²) in [6.07, 6.45) is 0. The first-order valence-corrected chi connectivity index (χ1v) is 7.43. The summed E-state index contributed by atoms with van der Waals surface area (Å²) in [5, 5.41) is 9.77. The molecule has 0 saturated carbocycles. The van der Waals surface area contributed by atoms with Crippen molar-refractivity contribution < 1.29 is 22.8 Å². The summed E-state index contributed by atoms with van der Waals surface area (Å²) in [7, 11) is -3.34. The largest absolute Gasteiger partial charge is 0.731 e. The number of ether oxygens (including phenoxy) is 1. The first-order chi connectivity index (χ1) is 9.93. The normalized spacial score (nSPS) is 11.1. The number of methoxy groups -OCH3 is 1. The Balaban J connectivity index is 2.46. The highest BCUT2D eigenvalue weighted by Gasteiger charge is 2.18. The zero-order chi connectivity index (χ0) is 15.5. The summed E-state index contributed by atoms with van der Waals surface area (Å²) < 4.78 is 40.3. The van der Waals surface area contributed by atoms with Gasteiger partial charge in [-0.15, -0.1) is 0 Å². The molecule has 0 spiro atoms. The Labute approximate surface area is 123 Å². The van der Waals surface area contributed by atoms with E-state index in [1.54, 1.807) is 24.3 Å². The van der Waals surface area contributed by atoms with Crippen LogP contribution >= 0.6 is 0 Å². The molecule has 0 aliphatic rings. The van der Waals surface area contributed by atoms with Crippen molar-refractivity contribution in [2.75, 3.05) is 11.4 Å². The molecule has 0 atom stereocenters. The van der Waals surface area contributed by atoms with Crippen LogP contribution in [0.4, 0.5) is 5.69 Å². The third kappa shape index (κ3) is 3.45. The molecule has 0 aliphatic heterocycles. The molecule has 0 saturated heterocycles. The fourth-order valence-corrected chi connectivity index (χ4v) is 2.64. The Hall–Kier alpha value is -2.25. The number of hydrogen-bond donors (Lipinski definition) is 1. The quantitative estimate of drug-likeness (QED) is 0.852. The van der Waals surface area contributed by atoms with Gasteiger partial charge in [0.25, 0.3) is 0 Å². The van der Waals surface area contributed by atoms with E-state index in [4.69, 9.17) is 4.74 Å². The maximum atomic E-state index is 11.5. The summed E-state index contributed by atoms with van der Waals surface area (Å²) in [5.41, 5.74) is 0.445. The zero-order valence-electron chi connectivity index (χ0n) is 11.3. The van der Waals surface area contributed by atoms with E-state index in [1.807, 2.05) is 0 Å². The van der Waals surface area contributed by atoms with E-state index in [1.165, 1.54) is 31.4 Å².